The number of allylic oxidation sites excluding steroid dienone is 2. The van der Waals surface area contributed by atoms with Crippen LogP contribution in [0.15, 0.2) is 34.2 Å². The molecule has 0 amide bonds. The number of hydrogen-bond acceptors (Lipinski definition) is 5. The van der Waals surface area contributed by atoms with Crippen LogP contribution >= 0.6 is 0 Å². The number of rotatable bonds is 5. The van der Waals surface area contributed by atoms with Crippen molar-refractivity contribution in [2.75, 3.05) is 6.61 Å². The fourth-order valence-electron chi connectivity index (χ4n) is 5.29. The van der Waals surface area contributed by atoms with E-state index < -0.39 is 11.5 Å². The quantitative estimate of drug-likeness (QED) is 0.792. The Hall–Kier alpha value is -1.88. The highest BCUT2D eigenvalue weighted by molar-refractivity contribution is 5.97. The smallest absolute Gasteiger partial charge is 0.302 e. The molecule has 5 heteroatoms. The molecule has 5 nitrogen and oxygen atoms in total. The van der Waals surface area contributed by atoms with E-state index in [-0.39, 0.29) is 29.7 Å². The molecule has 0 aliphatic heterocycles. The minimum absolute atomic E-state index is 0.0522. The summed E-state index contributed by atoms with van der Waals surface area (Å²) in [6, 6.07) is 1.95. The van der Waals surface area contributed by atoms with Gasteiger partial charge in [0.1, 0.15) is 0 Å². The number of hydrogen-bond donors (Lipinski definition) is 1. The number of fused-ring (bicyclic) bond motifs is 1. The van der Waals surface area contributed by atoms with Crippen molar-refractivity contribution in [3.8, 4) is 0 Å². The summed E-state index contributed by atoms with van der Waals surface area (Å²) in [4.78, 5) is 24.2. The molecule has 4 atom stereocenters. The summed E-state index contributed by atoms with van der Waals surface area (Å²) in [5, 5.41) is 10.8. The maximum Gasteiger partial charge on any atom is 0.302 e. The Kier molecular flexibility index (Phi) is 5.35. The van der Waals surface area contributed by atoms with E-state index in [1.54, 1.807) is 12.5 Å². The van der Waals surface area contributed by atoms with E-state index in [1.165, 1.54) is 12.5 Å². The molecule has 0 bridgehead atoms. The van der Waals surface area contributed by atoms with Crippen LogP contribution in [-0.4, -0.2) is 29.6 Å². The molecule has 1 aromatic rings. The van der Waals surface area contributed by atoms with Gasteiger partial charge in [-0.2, -0.15) is 0 Å². The van der Waals surface area contributed by atoms with Gasteiger partial charge < -0.3 is 14.3 Å². The average Bonchev–Trinajstić information content (AvgIpc) is 3.13. The van der Waals surface area contributed by atoms with Crippen LogP contribution in [0.4, 0.5) is 0 Å². The Morgan fingerprint density at radius 2 is 2.11 bits per heavy atom. The number of ether oxygens (including phenoxy) is 1. The van der Waals surface area contributed by atoms with Crippen molar-refractivity contribution in [3.63, 3.8) is 0 Å². The minimum atomic E-state index is -0.629. The van der Waals surface area contributed by atoms with E-state index in [0.717, 1.165) is 30.4 Å². The van der Waals surface area contributed by atoms with E-state index in [9.17, 15) is 14.7 Å². The topological polar surface area (TPSA) is 76.7 Å². The molecule has 1 N–H and O–H groups in total. The molecule has 0 aromatic carbocycles. The third kappa shape index (κ3) is 3.49. The first kappa shape index (κ1) is 19.9. The number of furan rings is 1. The zero-order valence-electron chi connectivity index (χ0n) is 16.7. The van der Waals surface area contributed by atoms with Crippen LogP contribution in [0.1, 0.15) is 58.9 Å². The molecule has 27 heavy (non-hydrogen) atoms. The molecule has 0 saturated heterocycles. The van der Waals surface area contributed by atoms with E-state index in [2.05, 4.69) is 6.92 Å². The van der Waals surface area contributed by atoms with E-state index in [1.807, 2.05) is 19.9 Å². The maximum atomic E-state index is 12.8. The second kappa shape index (κ2) is 7.27. The van der Waals surface area contributed by atoms with E-state index in [4.69, 9.17) is 9.15 Å². The van der Waals surface area contributed by atoms with Crippen LogP contribution in [0.2, 0.25) is 0 Å². The molecule has 1 fully saturated rings. The van der Waals surface area contributed by atoms with Gasteiger partial charge in [-0.25, -0.2) is 0 Å². The summed E-state index contributed by atoms with van der Waals surface area (Å²) >= 11 is 0. The first-order valence-electron chi connectivity index (χ1n) is 9.74. The summed E-state index contributed by atoms with van der Waals surface area (Å²) in [5.41, 5.74) is 2.35. The predicted molar refractivity (Wildman–Crippen MR) is 101 cm³/mol. The Morgan fingerprint density at radius 3 is 2.74 bits per heavy atom. The summed E-state index contributed by atoms with van der Waals surface area (Å²) < 4.78 is 10.5. The molecule has 0 radical (unpaired) electrons. The molecule has 2 aliphatic carbocycles. The van der Waals surface area contributed by atoms with Gasteiger partial charge >= 0.3 is 5.97 Å². The maximum absolute atomic E-state index is 12.8. The zero-order valence-corrected chi connectivity index (χ0v) is 16.7. The molecule has 1 heterocycles. The standard InChI is InChI=1S/C22H30O5/c1-14-17(6-5-16-8-10-26-12-16)21(3)9-7-20(25)22(4,13-27-15(2)23)19(21)11-18(14)24/h8,10,12,19-20,25H,5-7,9,11,13H2,1-4H3/t19-,20-,21-,22-/m1/s1. The van der Waals surface area contributed by atoms with E-state index in [0.29, 0.717) is 12.8 Å². The summed E-state index contributed by atoms with van der Waals surface area (Å²) in [6.07, 6.45) is 6.31. The van der Waals surface area contributed by atoms with Crippen LogP contribution in [0.3, 0.4) is 0 Å². The van der Waals surface area contributed by atoms with Crippen molar-refractivity contribution >= 4 is 11.8 Å². The first-order chi connectivity index (χ1) is 12.7. The van der Waals surface area contributed by atoms with Crippen molar-refractivity contribution in [2.45, 2.75) is 65.9 Å². The van der Waals surface area contributed by atoms with Crippen LogP contribution < -0.4 is 0 Å². The van der Waals surface area contributed by atoms with Gasteiger partial charge in [0, 0.05) is 18.8 Å². The van der Waals surface area contributed by atoms with Gasteiger partial charge in [0.2, 0.25) is 0 Å². The van der Waals surface area contributed by atoms with Crippen molar-refractivity contribution in [2.24, 2.45) is 16.7 Å². The Bertz CT molecular complexity index is 747. The van der Waals surface area contributed by atoms with Gasteiger partial charge in [-0.3, -0.25) is 9.59 Å². The van der Waals surface area contributed by atoms with Gasteiger partial charge in [0.25, 0.3) is 0 Å². The average molecular weight is 374 g/mol. The van der Waals surface area contributed by atoms with Crippen molar-refractivity contribution < 1.29 is 23.8 Å². The highest BCUT2D eigenvalue weighted by atomic mass is 16.5. The molecular weight excluding hydrogens is 344 g/mol. The highest BCUT2D eigenvalue weighted by Crippen LogP contribution is 2.59. The van der Waals surface area contributed by atoms with Crippen molar-refractivity contribution in [1.29, 1.82) is 0 Å². The first-order valence-corrected chi connectivity index (χ1v) is 9.74. The van der Waals surface area contributed by atoms with Crippen molar-refractivity contribution in [1.82, 2.24) is 0 Å². The second-order valence-corrected chi connectivity index (χ2v) is 8.67. The number of aliphatic hydroxyl groups excluding tert-OH is 1. The number of carbonyl (C=O) groups is 2. The minimum Gasteiger partial charge on any atom is -0.472 e. The Labute approximate surface area is 160 Å². The third-order valence-corrected chi connectivity index (χ3v) is 7.04. The molecule has 2 aliphatic rings. The van der Waals surface area contributed by atoms with Gasteiger partial charge in [-0.15, -0.1) is 0 Å². The number of aliphatic hydroxyl groups is 1. The van der Waals surface area contributed by atoms with Gasteiger partial charge in [0.15, 0.2) is 5.78 Å². The van der Waals surface area contributed by atoms with E-state index >= 15 is 0 Å². The molecule has 1 saturated carbocycles. The van der Waals surface area contributed by atoms with Crippen LogP contribution in [0.5, 0.6) is 0 Å². The van der Waals surface area contributed by atoms with Crippen LogP contribution in [-0.2, 0) is 20.7 Å². The van der Waals surface area contributed by atoms with Gasteiger partial charge in [0.05, 0.1) is 25.2 Å². The van der Waals surface area contributed by atoms with Gasteiger partial charge in [-0.1, -0.05) is 19.4 Å². The SMILES string of the molecule is CC(=O)OC[C@@]1(C)[C@H](O)CC[C@]2(C)C(CCc3ccoc3)=C(C)C(=O)C[C@@H]12. The fourth-order valence-corrected chi connectivity index (χ4v) is 5.29. The number of ketones is 1. The second-order valence-electron chi connectivity index (χ2n) is 8.67. The Balaban J connectivity index is 1.94. The lowest BCUT2D eigenvalue weighted by molar-refractivity contribution is -0.163. The van der Waals surface area contributed by atoms with Crippen molar-refractivity contribution in [3.05, 3.63) is 35.3 Å². The normalized spacial score (nSPS) is 33.7. The lowest BCUT2D eigenvalue weighted by atomic mass is 9.48. The highest BCUT2D eigenvalue weighted by Gasteiger charge is 2.57. The van der Waals surface area contributed by atoms with Gasteiger partial charge in [-0.05, 0) is 61.1 Å². The molecule has 0 spiro atoms. The lowest BCUT2D eigenvalue weighted by Crippen LogP contribution is -2.56. The third-order valence-electron chi connectivity index (χ3n) is 7.04. The lowest BCUT2D eigenvalue weighted by Gasteiger charge is -2.57. The monoisotopic (exact) mass is 374 g/mol. The molecule has 3 rings (SSSR count). The molecule has 1 aromatic heterocycles. The summed E-state index contributed by atoms with van der Waals surface area (Å²) in [7, 11) is 0. The molecule has 148 valence electrons. The number of esters is 1. The summed E-state index contributed by atoms with van der Waals surface area (Å²) in [6.45, 7) is 7.64. The number of Topliss-reactive ketones (excluding diaryl/α,β-unsaturated/α-hetero) is 1. The zero-order chi connectivity index (χ0) is 19.8. The molecular formula is C22H30O5. The van der Waals surface area contributed by atoms with Crippen LogP contribution in [0, 0.1) is 16.7 Å². The van der Waals surface area contributed by atoms with Crippen LogP contribution in [0.25, 0.3) is 0 Å². The summed E-state index contributed by atoms with van der Waals surface area (Å²) in [5.74, 6) is -0.267. The fraction of sp³-hybridized carbons (Fsp3) is 0.636. The number of aryl methyl sites for hydroxylation is 1. The molecule has 0 unspecified atom stereocenters. The Morgan fingerprint density at radius 1 is 1.37 bits per heavy atom. The largest absolute Gasteiger partial charge is 0.472 e. The predicted octanol–water partition coefficient (Wildman–Crippen LogP) is 3.85. The number of carbonyl (C=O) groups excluding carboxylic acids is 2.